The largest absolute Gasteiger partial charge is 0.327 e. The molecule has 1 aliphatic carbocycles. The van der Waals surface area contributed by atoms with Gasteiger partial charge in [-0.15, -0.1) is 12.4 Å². The van der Waals surface area contributed by atoms with E-state index in [0.29, 0.717) is 6.04 Å². The van der Waals surface area contributed by atoms with Crippen molar-refractivity contribution in [2.24, 2.45) is 5.73 Å². The van der Waals surface area contributed by atoms with Crippen molar-refractivity contribution in [3.63, 3.8) is 0 Å². The maximum Gasteiger partial charge on any atom is 0.0168 e. The van der Waals surface area contributed by atoms with Gasteiger partial charge in [0.2, 0.25) is 0 Å². The molecular formula is C9H19ClN2. The normalized spacial score (nSPS) is 32.2. The minimum atomic E-state index is 0. The first kappa shape index (κ1) is 10.3. The van der Waals surface area contributed by atoms with E-state index in [2.05, 4.69) is 4.90 Å². The minimum Gasteiger partial charge on any atom is -0.327 e. The third-order valence-corrected chi connectivity index (χ3v) is 3.08. The van der Waals surface area contributed by atoms with Crippen molar-refractivity contribution in [1.82, 2.24) is 4.90 Å². The van der Waals surface area contributed by atoms with Crippen molar-refractivity contribution in [1.29, 1.82) is 0 Å². The highest BCUT2D eigenvalue weighted by Gasteiger charge is 2.27. The average Bonchev–Trinajstić information content (AvgIpc) is 1.83. The number of halogens is 1. The van der Waals surface area contributed by atoms with Gasteiger partial charge in [-0.25, -0.2) is 0 Å². The van der Waals surface area contributed by atoms with E-state index >= 15 is 0 Å². The van der Waals surface area contributed by atoms with Gasteiger partial charge in [-0.2, -0.15) is 0 Å². The summed E-state index contributed by atoms with van der Waals surface area (Å²) in [5.41, 5.74) is 5.90. The van der Waals surface area contributed by atoms with Crippen LogP contribution in [0.5, 0.6) is 0 Å². The van der Waals surface area contributed by atoms with Crippen LogP contribution in [-0.4, -0.2) is 30.1 Å². The van der Waals surface area contributed by atoms with Gasteiger partial charge in [0, 0.05) is 18.6 Å². The molecule has 0 bridgehead atoms. The van der Waals surface area contributed by atoms with Gasteiger partial charge in [0.25, 0.3) is 0 Å². The SMILES string of the molecule is Cl.N[C@@H]1CCCN(C2CCC2)C1. The number of hydrogen-bond donors (Lipinski definition) is 1. The second-order valence-corrected chi connectivity index (χ2v) is 3.98. The molecule has 2 aliphatic rings. The molecule has 0 radical (unpaired) electrons. The first-order valence-electron chi connectivity index (χ1n) is 4.86. The Hall–Kier alpha value is 0.210. The fourth-order valence-corrected chi connectivity index (χ4v) is 2.12. The molecule has 1 saturated carbocycles. The highest BCUT2D eigenvalue weighted by Crippen LogP contribution is 2.26. The molecule has 1 aliphatic heterocycles. The number of piperidine rings is 1. The zero-order valence-electron chi connectivity index (χ0n) is 7.54. The molecule has 0 aromatic carbocycles. The Morgan fingerprint density at radius 2 is 1.83 bits per heavy atom. The van der Waals surface area contributed by atoms with E-state index in [-0.39, 0.29) is 12.4 Å². The highest BCUT2D eigenvalue weighted by molar-refractivity contribution is 5.85. The number of rotatable bonds is 1. The minimum absolute atomic E-state index is 0. The predicted molar refractivity (Wildman–Crippen MR) is 53.7 cm³/mol. The van der Waals surface area contributed by atoms with Crippen LogP contribution < -0.4 is 5.73 Å². The molecule has 0 amide bonds. The Labute approximate surface area is 80.9 Å². The summed E-state index contributed by atoms with van der Waals surface area (Å²) in [4.78, 5) is 2.59. The quantitative estimate of drug-likeness (QED) is 0.677. The van der Waals surface area contributed by atoms with Crippen LogP contribution in [0.3, 0.4) is 0 Å². The molecule has 3 heteroatoms. The molecule has 72 valence electrons. The van der Waals surface area contributed by atoms with E-state index in [9.17, 15) is 0 Å². The number of likely N-dealkylation sites (tertiary alicyclic amines) is 1. The van der Waals surface area contributed by atoms with E-state index in [1.165, 1.54) is 38.6 Å². The van der Waals surface area contributed by atoms with Crippen LogP contribution in [0.2, 0.25) is 0 Å². The molecule has 0 aromatic rings. The van der Waals surface area contributed by atoms with Crippen molar-refractivity contribution in [2.45, 2.75) is 44.2 Å². The second kappa shape index (κ2) is 4.45. The number of nitrogens with zero attached hydrogens (tertiary/aromatic N) is 1. The third kappa shape index (κ3) is 2.12. The van der Waals surface area contributed by atoms with Crippen molar-refractivity contribution in [3.05, 3.63) is 0 Å². The molecule has 12 heavy (non-hydrogen) atoms. The van der Waals surface area contributed by atoms with Crippen LogP contribution in [0.15, 0.2) is 0 Å². The lowest BCUT2D eigenvalue weighted by Gasteiger charge is -2.41. The van der Waals surface area contributed by atoms with Crippen LogP contribution >= 0.6 is 12.4 Å². The summed E-state index contributed by atoms with van der Waals surface area (Å²) in [6.07, 6.45) is 6.84. The predicted octanol–water partition coefficient (Wildman–Crippen LogP) is 1.38. The molecular weight excluding hydrogens is 172 g/mol. The summed E-state index contributed by atoms with van der Waals surface area (Å²) in [5, 5.41) is 0. The van der Waals surface area contributed by atoms with Gasteiger partial charge in [-0.1, -0.05) is 6.42 Å². The van der Waals surface area contributed by atoms with E-state index in [4.69, 9.17) is 5.73 Å². The van der Waals surface area contributed by atoms with Gasteiger partial charge >= 0.3 is 0 Å². The molecule has 1 saturated heterocycles. The molecule has 2 fully saturated rings. The van der Waals surface area contributed by atoms with Crippen LogP contribution in [0.25, 0.3) is 0 Å². The Kier molecular flexibility index (Phi) is 3.81. The van der Waals surface area contributed by atoms with Crippen LogP contribution in [-0.2, 0) is 0 Å². The fourth-order valence-electron chi connectivity index (χ4n) is 2.12. The highest BCUT2D eigenvalue weighted by atomic mass is 35.5. The lowest BCUT2D eigenvalue weighted by Crippen LogP contribution is -2.49. The van der Waals surface area contributed by atoms with Gasteiger partial charge in [-0.05, 0) is 32.2 Å². The third-order valence-electron chi connectivity index (χ3n) is 3.08. The van der Waals surface area contributed by atoms with Crippen LogP contribution in [0.1, 0.15) is 32.1 Å². The maximum atomic E-state index is 5.90. The summed E-state index contributed by atoms with van der Waals surface area (Å²) >= 11 is 0. The molecule has 0 aromatic heterocycles. The van der Waals surface area contributed by atoms with Crippen LogP contribution in [0.4, 0.5) is 0 Å². The number of hydrogen-bond acceptors (Lipinski definition) is 2. The van der Waals surface area contributed by atoms with E-state index in [1.807, 2.05) is 0 Å². The van der Waals surface area contributed by atoms with Crippen molar-refractivity contribution < 1.29 is 0 Å². The van der Waals surface area contributed by atoms with E-state index in [1.54, 1.807) is 0 Å². The van der Waals surface area contributed by atoms with Gasteiger partial charge in [0.15, 0.2) is 0 Å². The van der Waals surface area contributed by atoms with E-state index in [0.717, 1.165) is 12.6 Å². The Balaban J connectivity index is 0.000000720. The summed E-state index contributed by atoms with van der Waals surface area (Å²) in [7, 11) is 0. The van der Waals surface area contributed by atoms with Crippen molar-refractivity contribution in [3.8, 4) is 0 Å². The van der Waals surface area contributed by atoms with Gasteiger partial charge in [0.1, 0.15) is 0 Å². The molecule has 1 atom stereocenters. The van der Waals surface area contributed by atoms with Gasteiger partial charge in [-0.3, -0.25) is 4.90 Å². The molecule has 0 spiro atoms. The number of nitrogens with two attached hydrogens (primary N) is 1. The second-order valence-electron chi connectivity index (χ2n) is 3.98. The molecule has 2 N–H and O–H groups in total. The molecule has 0 unspecified atom stereocenters. The first-order valence-corrected chi connectivity index (χ1v) is 4.86. The summed E-state index contributed by atoms with van der Waals surface area (Å²) in [5.74, 6) is 0. The first-order chi connectivity index (χ1) is 5.36. The lowest BCUT2D eigenvalue weighted by atomic mass is 9.89. The molecule has 1 heterocycles. The smallest absolute Gasteiger partial charge is 0.0168 e. The maximum absolute atomic E-state index is 5.90. The average molecular weight is 191 g/mol. The van der Waals surface area contributed by atoms with Gasteiger partial charge < -0.3 is 5.73 Å². The van der Waals surface area contributed by atoms with Gasteiger partial charge in [0.05, 0.1) is 0 Å². The Bertz CT molecular complexity index is 136. The summed E-state index contributed by atoms with van der Waals surface area (Å²) in [6, 6.07) is 1.37. The van der Waals surface area contributed by atoms with Crippen LogP contribution in [0, 0.1) is 0 Å². The molecule has 2 rings (SSSR count). The fraction of sp³-hybridized carbons (Fsp3) is 1.00. The Morgan fingerprint density at radius 1 is 1.08 bits per heavy atom. The van der Waals surface area contributed by atoms with Crippen molar-refractivity contribution in [2.75, 3.05) is 13.1 Å². The monoisotopic (exact) mass is 190 g/mol. The Morgan fingerprint density at radius 3 is 2.33 bits per heavy atom. The zero-order chi connectivity index (χ0) is 7.68. The summed E-state index contributed by atoms with van der Waals surface area (Å²) in [6.45, 7) is 2.46. The molecule has 2 nitrogen and oxygen atoms in total. The standard InChI is InChI=1S/C9H18N2.ClH/c10-8-3-2-6-11(7-8)9-4-1-5-9;/h8-9H,1-7,10H2;1H/t8-;/m1./s1. The lowest BCUT2D eigenvalue weighted by molar-refractivity contribution is 0.0956. The summed E-state index contributed by atoms with van der Waals surface area (Å²) < 4.78 is 0. The zero-order valence-corrected chi connectivity index (χ0v) is 8.35. The van der Waals surface area contributed by atoms with Crippen molar-refractivity contribution >= 4 is 12.4 Å². The van der Waals surface area contributed by atoms with E-state index < -0.39 is 0 Å². The topological polar surface area (TPSA) is 29.3 Å².